The number of benzene rings is 1. The standard InChI is InChI=1S/C6H5N.Zr/c7-6-4-2-1-3-5-6;/h1-5H;. The van der Waals surface area contributed by atoms with Crippen LogP contribution in [-0.4, -0.2) is 0 Å². The van der Waals surface area contributed by atoms with Crippen LogP contribution in [0, 0.1) is 0 Å². The van der Waals surface area contributed by atoms with Crippen molar-refractivity contribution in [1.29, 1.82) is 0 Å². The Hall–Kier alpha value is -0.0969. The Balaban J connectivity index is 2.99. The van der Waals surface area contributed by atoms with Crippen molar-refractivity contribution in [3.05, 3.63) is 30.3 Å². The molecule has 0 bridgehead atoms. The molecule has 0 aliphatic carbocycles. The van der Waals surface area contributed by atoms with Crippen molar-refractivity contribution in [2.75, 3.05) is 0 Å². The van der Waals surface area contributed by atoms with E-state index in [-0.39, 0.29) is 0 Å². The fourth-order valence-electron chi connectivity index (χ4n) is 0.503. The summed E-state index contributed by atoms with van der Waals surface area (Å²) >= 11 is 1.21. The fourth-order valence-corrected chi connectivity index (χ4v) is 0.869. The van der Waals surface area contributed by atoms with E-state index < -0.39 is 0 Å². The van der Waals surface area contributed by atoms with Crippen LogP contribution in [-0.2, 0) is 24.6 Å². The molecule has 0 saturated carbocycles. The maximum absolute atomic E-state index is 4.06. The first-order valence-corrected chi connectivity index (χ1v) is 3.46. The van der Waals surface area contributed by atoms with Crippen LogP contribution in [0.15, 0.2) is 33.2 Å². The van der Waals surface area contributed by atoms with E-state index in [1.165, 1.54) is 24.6 Å². The molecule has 0 N–H and O–H groups in total. The number of hydrogen-bond acceptors (Lipinski definition) is 1. The summed E-state index contributed by atoms with van der Waals surface area (Å²) in [5.74, 6) is 0. The average Bonchev–Trinajstić information content (AvgIpc) is 1.90. The van der Waals surface area contributed by atoms with E-state index in [2.05, 4.69) is 2.87 Å². The van der Waals surface area contributed by atoms with Crippen molar-refractivity contribution in [1.82, 2.24) is 0 Å². The monoisotopic (exact) mass is 181 g/mol. The first kappa shape index (κ1) is 6.03. The van der Waals surface area contributed by atoms with Crippen LogP contribution in [0.4, 0.5) is 5.69 Å². The molecular weight excluding hydrogens is 177 g/mol. The third-order valence-electron chi connectivity index (χ3n) is 0.885. The molecule has 0 radical (unpaired) electrons. The average molecular weight is 182 g/mol. The van der Waals surface area contributed by atoms with E-state index in [1.807, 2.05) is 30.3 Å². The second kappa shape index (κ2) is 3.03. The molecule has 1 nitrogen and oxygen atoms in total. The second-order valence-corrected chi connectivity index (χ2v) is 2.00. The van der Waals surface area contributed by atoms with E-state index in [9.17, 15) is 0 Å². The van der Waals surface area contributed by atoms with Crippen molar-refractivity contribution in [2.45, 2.75) is 0 Å². The first-order valence-electron chi connectivity index (χ1n) is 2.36. The maximum atomic E-state index is 4.06. The Morgan fingerprint density at radius 3 is 2.12 bits per heavy atom. The molecule has 38 valence electrons. The topological polar surface area (TPSA) is 12.4 Å². The summed E-state index contributed by atoms with van der Waals surface area (Å²) in [5.41, 5.74) is 1.07. The van der Waals surface area contributed by atoms with Crippen molar-refractivity contribution >= 4 is 5.69 Å². The molecule has 0 saturated heterocycles. The Labute approximate surface area is 63.5 Å². The zero-order chi connectivity index (χ0) is 5.82. The number of rotatable bonds is 1. The van der Waals surface area contributed by atoms with Gasteiger partial charge in [0.2, 0.25) is 0 Å². The Bertz CT molecular complexity index is 171. The van der Waals surface area contributed by atoms with Gasteiger partial charge in [0.1, 0.15) is 0 Å². The molecule has 0 unspecified atom stereocenters. The van der Waals surface area contributed by atoms with E-state index in [0.29, 0.717) is 0 Å². The van der Waals surface area contributed by atoms with E-state index >= 15 is 0 Å². The summed E-state index contributed by atoms with van der Waals surface area (Å²) in [5, 5.41) is 0. The summed E-state index contributed by atoms with van der Waals surface area (Å²) in [6, 6.07) is 9.96. The van der Waals surface area contributed by atoms with Crippen LogP contribution in [0.5, 0.6) is 0 Å². The van der Waals surface area contributed by atoms with Crippen molar-refractivity contribution in [3.63, 3.8) is 0 Å². The zero-order valence-electron chi connectivity index (χ0n) is 4.33. The van der Waals surface area contributed by atoms with Crippen LogP contribution in [0.3, 0.4) is 0 Å². The van der Waals surface area contributed by atoms with Gasteiger partial charge in [0.25, 0.3) is 0 Å². The first-order chi connectivity index (χ1) is 3.93. The molecule has 0 heterocycles. The fraction of sp³-hybridized carbons (Fsp3) is 0. The summed E-state index contributed by atoms with van der Waals surface area (Å²) in [6.07, 6.45) is 0. The minimum atomic E-state index is 1.07. The molecule has 0 atom stereocenters. The molecule has 1 aromatic rings. The quantitative estimate of drug-likeness (QED) is 0.630. The van der Waals surface area contributed by atoms with Crippen LogP contribution in [0.25, 0.3) is 0 Å². The SMILES string of the molecule is [Zr]=[N]c1ccccc1. The molecule has 0 aliphatic rings. The summed E-state index contributed by atoms with van der Waals surface area (Å²) < 4.78 is 4.06. The molecule has 2 heteroatoms. The molecule has 1 aromatic carbocycles. The summed E-state index contributed by atoms with van der Waals surface area (Å²) in [6.45, 7) is 0. The molecule has 0 aliphatic heterocycles. The van der Waals surface area contributed by atoms with Crippen LogP contribution in [0.1, 0.15) is 0 Å². The van der Waals surface area contributed by atoms with Gasteiger partial charge in [-0.25, -0.2) is 0 Å². The Kier molecular flexibility index (Phi) is 2.29. The van der Waals surface area contributed by atoms with E-state index in [0.717, 1.165) is 5.69 Å². The molecule has 8 heavy (non-hydrogen) atoms. The van der Waals surface area contributed by atoms with Gasteiger partial charge in [0.15, 0.2) is 0 Å². The molecule has 0 fully saturated rings. The van der Waals surface area contributed by atoms with Gasteiger partial charge in [-0.3, -0.25) is 0 Å². The minimum absolute atomic E-state index is 1.07. The molecule has 0 spiro atoms. The summed E-state index contributed by atoms with van der Waals surface area (Å²) in [7, 11) is 0. The Morgan fingerprint density at radius 1 is 1.12 bits per heavy atom. The number of nitrogens with zero attached hydrogens (tertiary/aromatic N) is 1. The van der Waals surface area contributed by atoms with Gasteiger partial charge in [-0.05, 0) is 0 Å². The van der Waals surface area contributed by atoms with Crippen LogP contribution in [0.2, 0.25) is 0 Å². The van der Waals surface area contributed by atoms with Gasteiger partial charge in [-0.1, -0.05) is 0 Å². The molecular formula is C6H5NZr. The third-order valence-corrected chi connectivity index (χ3v) is 1.52. The van der Waals surface area contributed by atoms with Gasteiger partial charge in [-0.15, -0.1) is 0 Å². The second-order valence-electron chi connectivity index (χ2n) is 1.45. The normalized spacial score (nSPS) is 8.38. The third kappa shape index (κ3) is 1.45. The van der Waals surface area contributed by atoms with Crippen molar-refractivity contribution in [2.24, 2.45) is 2.87 Å². The van der Waals surface area contributed by atoms with Crippen LogP contribution >= 0.6 is 0 Å². The van der Waals surface area contributed by atoms with Gasteiger partial charge in [-0.2, -0.15) is 0 Å². The predicted molar refractivity (Wildman–Crippen MR) is 28.5 cm³/mol. The van der Waals surface area contributed by atoms with Gasteiger partial charge < -0.3 is 0 Å². The van der Waals surface area contributed by atoms with E-state index in [4.69, 9.17) is 0 Å². The van der Waals surface area contributed by atoms with Crippen molar-refractivity contribution < 1.29 is 24.6 Å². The predicted octanol–water partition coefficient (Wildman–Crippen LogP) is 2.05. The van der Waals surface area contributed by atoms with Gasteiger partial charge >= 0.3 is 63.4 Å². The van der Waals surface area contributed by atoms with Crippen LogP contribution < -0.4 is 0 Å². The van der Waals surface area contributed by atoms with E-state index in [1.54, 1.807) is 0 Å². The van der Waals surface area contributed by atoms with Crippen molar-refractivity contribution in [3.8, 4) is 0 Å². The van der Waals surface area contributed by atoms with Gasteiger partial charge in [0.05, 0.1) is 0 Å². The summed E-state index contributed by atoms with van der Waals surface area (Å²) in [4.78, 5) is 0. The molecule has 1 rings (SSSR count). The zero-order valence-corrected chi connectivity index (χ0v) is 6.79. The molecule has 0 amide bonds. The number of hydrogen-bond donors (Lipinski definition) is 0. The Morgan fingerprint density at radius 2 is 1.75 bits per heavy atom. The molecule has 0 aromatic heterocycles. The van der Waals surface area contributed by atoms with Gasteiger partial charge in [0, 0.05) is 0 Å².